The van der Waals surface area contributed by atoms with Crippen LogP contribution >= 0.6 is 0 Å². The molecule has 0 aliphatic rings. The molecule has 102 valence electrons. The summed E-state index contributed by atoms with van der Waals surface area (Å²) in [6.45, 7) is 1.83. The summed E-state index contributed by atoms with van der Waals surface area (Å²) >= 11 is 0. The molecule has 0 spiro atoms. The third-order valence-corrected chi connectivity index (χ3v) is 4.09. The molecule has 0 saturated heterocycles. The Bertz CT molecular complexity index is 498. The molecule has 7 heteroatoms. The Morgan fingerprint density at radius 1 is 1.44 bits per heavy atom. The van der Waals surface area contributed by atoms with E-state index in [4.69, 9.17) is 10.8 Å². The minimum Gasteiger partial charge on any atom is -0.399 e. The topological polar surface area (TPSA) is 104 Å². The molecule has 1 aromatic carbocycles. The number of benzene rings is 1. The van der Waals surface area contributed by atoms with Gasteiger partial charge in [-0.25, -0.2) is 13.1 Å². The molecule has 0 bridgehead atoms. The van der Waals surface area contributed by atoms with Gasteiger partial charge in [-0.2, -0.15) is 0 Å². The first-order chi connectivity index (χ1) is 8.44. The summed E-state index contributed by atoms with van der Waals surface area (Å²) in [4.78, 5) is 0.0805. The van der Waals surface area contributed by atoms with Gasteiger partial charge >= 0.3 is 0 Å². The number of rotatable bonds is 6. The molecular weight excluding hydrogens is 254 g/mol. The van der Waals surface area contributed by atoms with Gasteiger partial charge < -0.3 is 16.2 Å². The van der Waals surface area contributed by atoms with Gasteiger partial charge in [0, 0.05) is 11.7 Å². The van der Waals surface area contributed by atoms with Crippen molar-refractivity contribution in [3.05, 3.63) is 18.2 Å². The zero-order chi connectivity index (χ0) is 13.8. The number of nitrogens with two attached hydrogens (primary N) is 1. The molecule has 18 heavy (non-hydrogen) atoms. The molecule has 1 rings (SSSR count). The first-order valence-electron chi connectivity index (χ1n) is 5.65. The summed E-state index contributed by atoms with van der Waals surface area (Å²) < 4.78 is 26.0. The van der Waals surface area contributed by atoms with Crippen LogP contribution in [0.1, 0.15) is 13.3 Å². The molecule has 0 radical (unpaired) electrons. The SMILES string of the molecule is CCC(CO)Nc1ccc(N)cc1S(=O)(=O)NC. The molecular formula is C11H19N3O3S. The summed E-state index contributed by atoms with van der Waals surface area (Å²) in [5.74, 6) is 0. The van der Waals surface area contributed by atoms with E-state index in [-0.39, 0.29) is 17.5 Å². The average Bonchev–Trinajstić information content (AvgIpc) is 2.37. The van der Waals surface area contributed by atoms with Gasteiger partial charge in [0.15, 0.2) is 0 Å². The second kappa shape index (κ2) is 6.03. The Hall–Kier alpha value is -1.31. The fraction of sp³-hybridized carbons (Fsp3) is 0.455. The van der Waals surface area contributed by atoms with E-state index in [9.17, 15) is 8.42 Å². The summed E-state index contributed by atoms with van der Waals surface area (Å²) in [5.41, 5.74) is 6.40. The molecule has 0 aromatic heterocycles. The number of nitrogens with one attached hydrogen (secondary N) is 2. The lowest BCUT2D eigenvalue weighted by Crippen LogP contribution is -2.26. The fourth-order valence-electron chi connectivity index (χ4n) is 1.49. The maximum absolute atomic E-state index is 11.9. The number of hydrogen-bond donors (Lipinski definition) is 4. The highest BCUT2D eigenvalue weighted by Crippen LogP contribution is 2.24. The zero-order valence-corrected chi connectivity index (χ0v) is 11.3. The van der Waals surface area contributed by atoms with Crippen LogP contribution in [0, 0.1) is 0 Å². The van der Waals surface area contributed by atoms with Crippen molar-refractivity contribution < 1.29 is 13.5 Å². The van der Waals surface area contributed by atoms with Crippen LogP contribution in [0.4, 0.5) is 11.4 Å². The highest BCUT2D eigenvalue weighted by molar-refractivity contribution is 7.89. The van der Waals surface area contributed by atoms with E-state index < -0.39 is 10.0 Å². The third-order valence-electron chi connectivity index (χ3n) is 2.64. The molecule has 0 heterocycles. The molecule has 6 nitrogen and oxygen atoms in total. The molecule has 5 N–H and O–H groups in total. The maximum atomic E-state index is 11.9. The van der Waals surface area contributed by atoms with Gasteiger partial charge in [-0.15, -0.1) is 0 Å². The first-order valence-corrected chi connectivity index (χ1v) is 7.13. The predicted molar refractivity (Wildman–Crippen MR) is 71.9 cm³/mol. The van der Waals surface area contributed by atoms with Crippen molar-refractivity contribution in [3.63, 3.8) is 0 Å². The average molecular weight is 273 g/mol. The van der Waals surface area contributed by atoms with Crippen LogP contribution in [0.25, 0.3) is 0 Å². The van der Waals surface area contributed by atoms with E-state index in [1.807, 2.05) is 6.92 Å². The van der Waals surface area contributed by atoms with E-state index in [0.29, 0.717) is 17.8 Å². The van der Waals surface area contributed by atoms with Gasteiger partial charge in [-0.3, -0.25) is 0 Å². The number of nitrogen functional groups attached to an aromatic ring is 1. The zero-order valence-electron chi connectivity index (χ0n) is 10.5. The second-order valence-corrected chi connectivity index (χ2v) is 5.75. The van der Waals surface area contributed by atoms with E-state index in [2.05, 4.69) is 10.0 Å². The lowest BCUT2D eigenvalue weighted by molar-refractivity contribution is 0.271. The van der Waals surface area contributed by atoms with Crippen molar-refractivity contribution in [1.82, 2.24) is 4.72 Å². The van der Waals surface area contributed by atoms with E-state index >= 15 is 0 Å². The minimum absolute atomic E-state index is 0.0695. The maximum Gasteiger partial charge on any atom is 0.242 e. The monoisotopic (exact) mass is 273 g/mol. The molecule has 0 fully saturated rings. The number of hydrogen-bond acceptors (Lipinski definition) is 5. The van der Waals surface area contributed by atoms with E-state index in [1.165, 1.54) is 13.1 Å². The van der Waals surface area contributed by atoms with Gasteiger partial charge in [-0.1, -0.05) is 6.92 Å². The van der Waals surface area contributed by atoms with E-state index in [1.54, 1.807) is 12.1 Å². The smallest absolute Gasteiger partial charge is 0.242 e. The van der Waals surface area contributed by atoms with Crippen molar-refractivity contribution in [2.75, 3.05) is 24.7 Å². The predicted octanol–water partition coefficient (Wildman–Crippen LogP) is 0.360. The summed E-state index contributed by atoms with van der Waals surface area (Å²) in [6, 6.07) is 4.40. The van der Waals surface area contributed by atoms with Crippen molar-refractivity contribution >= 4 is 21.4 Å². The van der Waals surface area contributed by atoms with Crippen molar-refractivity contribution in [2.24, 2.45) is 0 Å². The quantitative estimate of drug-likeness (QED) is 0.560. The highest BCUT2D eigenvalue weighted by atomic mass is 32.2. The molecule has 0 aliphatic carbocycles. The van der Waals surface area contributed by atoms with Crippen molar-refractivity contribution in [2.45, 2.75) is 24.3 Å². The molecule has 0 amide bonds. The van der Waals surface area contributed by atoms with Gasteiger partial charge in [0.2, 0.25) is 10.0 Å². The standard InChI is InChI=1S/C11H19N3O3S/c1-3-9(7-15)14-10-5-4-8(12)6-11(10)18(16,17)13-2/h4-6,9,13-15H,3,7,12H2,1-2H3. The Balaban J connectivity index is 3.20. The lowest BCUT2D eigenvalue weighted by atomic mass is 10.2. The Labute approximate surface area is 107 Å². The van der Waals surface area contributed by atoms with Crippen LogP contribution in [0.3, 0.4) is 0 Å². The Morgan fingerprint density at radius 3 is 2.61 bits per heavy atom. The first kappa shape index (κ1) is 14.7. The number of sulfonamides is 1. The van der Waals surface area contributed by atoms with Crippen LogP contribution in [0.2, 0.25) is 0 Å². The van der Waals surface area contributed by atoms with E-state index in [0.717, 1.165) is 0 Å². The van der Waals surface area contributed by atoms with Crippen molar-refractivity contribution in [3.8, 4) is 0 Å². The Morgan fingerprint density at radius 2 is 2.11 bits per heavy atom. The van der Waals surface area contributed by atoms with Crippen LogP contribution in [0.15, 0.2) is 23.1 Å². The third kappa shape index (κ3) is 3.34. The molecule has 1 aromatic rings. The van der Waals surface area contributed by atoms with Gasteiger partial charge in [0.1, 0.15) is 4.90 Å². The largest absolute Gasteiger partial charge is 0.399 e. The normalized spacial score (nSPS) is 13.3. The highest BCUT2D eigenvalue weighted by Gasteiger charge is 2.18. The van der Waals surface area contributed by atoms with Crippen LogP contribution in [0.5, 0.6) is 0 Å². The van der Waals surface area contributed by atoms with Crippen LogP contribution < -0.4 is 15.8 Å². The fourth-order valence-corrected chi connectivity index (χ4v) is 2.41. The lowest BCUT2D eigenvalue weighted by Gasteiger charge is -2.18. The number of aliphatic hydroxyl groups is 1. The summed E-state index contributed by atoms with van der Waals surface area (Å²) in [5, 5.41) is 12.1. The minimum atomic E-state index is -3.59. The number of anilines is 2. The molecule has 1 atom stereocenters. The van der Waals surface area contributed by atoms with Crippen LogP contribution in [-0.2, 0) is 10.0 Å². The van der Waals surface area contributed by atoms with Crippen LogP contribution in [-0.4, -0.2) is 33.2 Å². The van der Waals surface area contributed by atoms with Gasteiger partial charge in [0.25, 0.3) is 0 Å². The summed E-state index contributed by atoms with van der Waals surface area (Å²) in [6.07, 6.45) is 0.680. The Kier molecular flexibility index (Phi) is 4.94. The molecule has 1 unspecified atom stereocenters. The number of aliphatic hydroxyl groups excluding tert-OH is 1. The van der Waals surface area contributed by atoms with Crippen molar-refractivity contribution in [1.29, 1.82) is 0 Å². The molecule has 0 aliphatic heterocycles. The second-order valence-electron chi connectivity index (χ2n) is 3.90. The van der Waals surface area contributed by atoms with Gasteiger partial charge in [-0.05, 0) is 31.7 Å². The van der Waals surface area contributed by atoms with Gasteiger partial charge in [0.05, 0.1) is 12.3 Å². The molecule has 0 saturated carbocycles. The summed E-state index contributed by atoms with van der Waals surface area (Å²) in [7, 11) is -2.25.